The molecule has 0 amide bonds. The highest BCUT2D eigenvalue weighted by Crippen LogP contribution is 2.51. The molecule has 0 spiro atoms. The Labute approximate surface area is 182 Å². The molecule has 0 unspecified atom stereocenters. The van der Waals surface area contributed by atoms with E-state index in [1.54, 1.807) is 0 Å². The first kappa shape index (κ1) is 20.5. The lowest BCUT2D eigenvalue weighted by Gasteiger charge is -2.18. The fourth-order valence-corrected chi connectivity index (χ4v) is 4.38. The summed E-state index contributed by atoms with van der Waals surface area (Å²) < 4.78 is 2.24. The molecular weight excluding hydrogens is 392 g/mol. The van der Waals surface area contributed by atoms with Gasteiger partial charge in [0.2, 0.25) is 0 Å². The van der Waals surface area contributed by atoms with Crippen LogP contribution in [0.3, 0.4) is 0 Å². The summed E-state index contributed by atoms with van der Waals surface area (Å²) >= 11 is 1.96. The molecule has 0 saturated heterocycles. The summed E-state index contributed by atoms with van der Waals surface area (Å²) in [7, 11) is 1.98. The minimum Gasteiger partial charge on any atom is -0.355 e. The van der Waals surface area contributed by atoms with Gasteiger partial charge in [-0.05, 0) is 37.5 Å². The van der Waals surface area contributed by atoms with Crippen LogP contribution < -0.4 is 10.6 Å². The highest BCUT2D eigenvalue weighted by Gasteiger charge is 2.43. The summed E-state index contributed by atoms with van der Waals surface area (Å²) in [4.78, 5) is 6.13. The van der Waals surface area contributed by atoms with Crippen LogP contribution in [-0.4, -0.2) is 32.0 Å². The summed E-state index contributed by atoms with van der Waals surface area (Å²) in [5.41, 5.74) is 1.19. The molecule has 1 aliphatic rings. The van der Waals surface area contributed by atoms with Gasteiger partial charge < -0.3 is 15.2 Å². The predicted molar refractivity (Wildman–Crippen MR) is 122 cm³/mol. The maximum absolute atomic E-state index is 4.81. The Morgan fingerprint density at radius 3 is 2.37 bits per heavy atom. The van der Waals surface area contributed by atoms with Crippen LogP contribution in [0.5, 0.6) is 0 Å². The minimum absolute atomic E-state index is 0.248. The van der Waals surface area contributed by atoms with Crippen LogP contribution in [0.1, 0.15) is 30.1 Å². The zero-order valence-electron chi connectivity index (χ0n) is 17.5. The van der Waals surface area contributed by atoms with Crippen LogP contribution in [0.2, 0.25) is 0 Å². The zero-order valence-corrected chi connectivity index (χ0v) is 18.3. The van der Waals surface area contributed by atoms with E-state index in [2.05, 4.69) is 63.3 Å². The van der Waals surface area contributed by atoms with Crippen molar-refractivity contribution in [2.24, 2.45) is 12.0 Å². The predicted octanol–water partition coefficient (Wildman–Crippen LogP) is 3.68. The lowest BCUT2D eigenvalue weighted by molar-refractivity contribution is 0.706. The monoisotopic (exact) mass is 420 g/mol. The lowest BCUT2D eigenvalue weighted by Crippen LogP contribution is -2.41. The number of benzene rings is 2. The van der Waals surface area contributed by atoms with Crippen molar-refractivity contribution in [3.63, 3.8) is 0 Å². The molecule has 30 heavy (non-hydrogen) atoms. The molecule has 156 valence electrons. The standard InChI is InChI=1S/C23H28N6S/c1-18-27-28-21(29(18)2)16-25-22(24-15-19-9-5-3-6-10-19)26-17-23(13-14-23)30-20-11-7-4-8-12-20/h3-12H,13-17H2,1-2H3,(H2,24,25,26). The van der Waals surface area contributed by atoms with Gasteiger partial charge in [-0.25, -0.2) is 4.99 Å². The Morgan fingerprint density at radius 2 is 1.73 bits per heavy atom. The molecule has 7 heteroatoms. The molecule has 1 heterocycles. The normalized spacial score (nSPS) is 15.1. The number of thioether (sulfide) groups is 1. The molecule has 3 aromatic rings. The molecule has 2 aromatic carbocycles. The largest absolute Gasteiger partial charge is 0.355 e. The number of hydrogen-bond donors (Lipinski definition) is 2. The Morgan fingerprint density at radius 1 is 1.03 bits per heavy atom. The molecule has 2 N–H and O–H groups in total. The van der Waals surface area contributed by atoms with Crippen LogP contribution in [-0.2, 0) is 20.1 Å². The van der Waals surface area contributed by atoms with Crippen LogP contribution in [0.4, 0.5) is 0 Å². The van der Waals surface area contributed by atoms with Gasteiger partial charge in [-0.2, -0.15) is 0 Å². The van der Waals surface area contributed by atoms with Crippen molar-refractivity contribution >= 4 is 17.7 Å². The number of aromatic nitrogens is 3. The van der Waals surface area contributed by atoms with E-state index in [1.807, 2.05) is 48.5 Å². The number of nitrogens with one attached hydrogen (secondary N) is 2. The Bertz CT molecular complexity index is 979. The SMILES string of the molecule is Cc1nnc(CNC(=NCc2ccccc2)NCC2(Sc3ccccc3)CC2)n1C. The fraction of sp³-hybridized carbons (Fsp3) is 0.348. The molecule has 1 aliphatic carbocycles. The van der Waals surface area contributed by atoms with E-state index in [-0.39, 0.29) is 4.75 Å². The Balaban J connectivity index is 1.41. The van der Waals surface area contributed by atoms with Gasteiger partial charge in [0.05, 0.1) is 13.1 Å². The van der Waals surface area contributed by atoms with Gasteiger partial charge in [0.1, 0.15) is 5.82 Å². The van der Waals surface area contributed by atoms with E-state index >= 15 is 0 Å². The van der Waals surface area contributed by atoms with E-state index in [1.165, 1.54) is 23.3 Å². The van der Waals surface area contributed by atoms with Crippen molar-refractivity contribution in [3.8, 4) is 0 Å². The highest BCUT2D eigenvalue weighted by molar-refractivity contribution is 8.01. The Hall–Kier alpha value is -2.80. The zero-order chi connectivity index (χ0) is 20.8. The van der Waals surface area contributed by atoms with E-state index < -0.39 is 0 Å². The van der Waals surface area contributed by atoms with E-state index in [0.717, 1.165) is 24.2 Å². The van der Waals surface area contributed by atoms with Gasteiger partial charge >= 0.3 is 0 Å². The van der Waals surface area contributed by atoms with Gasteiger partial charge in [-0.3, -0.25) is 0 Å². The summed E-state index contributed by atoms with van der Waals surface area (Å²) in [6, 6.07) is 20.9. The van der Waals surface area contributed by atoms with Crippen LogP contribution >= 0.6 is 11.8 Å². The number of guanidine groups is 1. The van der Waals surface area contributed by atoms with Gasteiger partial charge in [0, 0.05) is 23.2 Å². The lowest BCUT2D eigenvalue weighted by atomic mass is 10.2. The van der Waals surface area contributed by atoms with Crippen LogP contribution in [0.15, 0.2) is 70.6 Å². The van der Waals surface area contributed by atoms with Gasteiger partial charge in [-0.1, -0.05) is 48.5 Å². The molecular formula is C23H28N6S. The number of rotatable bonds is 8. The van der Waals surface area contributed by atoms with Crippen molar-refractivity contribution < 1.29 is 0 Å². The maximum Gasteiger partial charge on any atom is 0.192 e. The Kier molecular flexibility index (Phi) is 6.38. The third kappa shape index (κ3) is 5.42. The molecule has 1 fully saturated rings. The average molecular weight is 421 g/mol. The van der Waals surface area contributed by atoms with E-state index in [4.69, 9.17) is 4.99 Å². The highest BCUT2D eigenvalue weighted by atomic mass is 32.2. The summed E-state index contributed by atoms with van der Waals surface area (Å²) in [6.07, 6.45) is 2.43. The van der Waals surface area contributed by atoms with Crippen molar-refractivity contribution in [3.05, 3.63) is 77.9 Å². The van der Waals surface area contributed by atoms with Crippen molar-refractivity contribution in [1.82, 2.24) is 25.4 Å². The third-order valence-corrected chi connectivity index (χ3v) is 6.82. The van der Waals surface area contributed by atoms with Gasteiger partial charge in [-0.15, -0.1) is 22.0 Å². The first-order chi connectivity index (χ1) is 14.6. The number of aryl methyl sites for hydroxylation is 1. The number of hydrogen-bond acceptors (Lipinski definition) is 4. The second-order valence-electron chi connectivity index (χ2n) is 7.68. The molecule has 6 nitrogen and oxygen atoms in total. The van der Waals surface area contributed by atoms with Crippen LogP contribution in [0, 0.1) is 6.92 Å². The molecule has 0 bridgehead atoms. The molecule has 0 radical (unpaired) electrons. The second-order valence-corrected chi connectivity index (χ2v) is 9.22. The van der Waals surface area contributed by atoms with Crippen LogP contribution in [0.25, 0.3) is 0 Å². The topological polar surface area (TPSA) is 67.1 Å². The molecule has 0 atom stereocenters. The fourth-order valence-electron chi connectivity index (χ4n) is 3.13. The van der Waals surface area contributed by atoms with E-state index in [0.29, 0.717) is 13.1 Å². The van der Waals surface area contributed by atoms with E-state index in [9.17, 15) is 0 Å². The molecule has 1 aromatic heterocycles. The summed E-state index contributed by atoms with van der Waals surface area (Å²) in [5.74, 6) is 2.60. The quantitative estimate of drug-likeness (QED) is 0.430. The first-order valence-electron chi connectivity index (χ1n) is 10.3. The summed E-state index contributed by atoms with van der Waals surface area (Å²) in [5, 5.41) is 15.4. The molecule has 4 rings (SSSR count). The van der Waals surface area contributed by atoms with Crippen molar-refractivity contribution in [1.29, 1.82) is 0 Å². The molecule has 1 saturated carbocycles. The van der Waals surface area contributed by atoms with Crippen molar-refractivity contribution in [2.75, 3.05) is 6.54 Å². The molecule has 0 aliphatic heterocycles. The summed E-state index contributed by atoms with van der Waals surface area (Å²) in [6.45, 7) is 4.05. The second kappa shape index (κ2) is 9.34. The van der Waals surface area contributed by atoms with Gasteiger partial charge in [0.15, 0.2) is 11.8 Å². The number of aliphatic imine (C=N–C) groups is 1. The maximum atomic E-state index is 4.81. The van der Waals surface area contributed by atoms with Gasteiger partial charge in [0.25, 0.3) is 0 Å². The average Bonchev–Trinajstić information content (AvgIpc) is 3.47. The smallest absolute Gasteiger partial charge is 0.192 e. The number of nitrogens with zero attached hydrogens (tertiary/aromatic N) is 4. The third-order valence-electron chi connectivity index (χ3n) is 5.32. The minimum atomic E-state index is 0.248. The first-order valence-corrected chi connectivity index (χ1v) is 11.1. The van der Waals surface area contributed by atoms with Crippen molar-refractivity contribution in [2.45, 2.75) is 42.5 Å².